The van der Waals surface area contributed by atoms with Crippen LogP contribution in [0.3, 0.4) is 0 Å². The molecule has 0 saturated carbocycles. The molecule has 0 fully saturated rings. The van der Waals surface area contributed by atoms with Gasteiger partial charge in [0, 0.05) is 17.8 Å². The van der Waals surface area contributed by atoms with Gasteiger partial charge >= 0.3 is 21.1 Å². The molecule has 0 spiro atoms. The summed E-state index contributed by atoms with van der Waals surface area (Å²) in [6.07, 6.45) is 3.47. The Morgan fingerprint density at radius 3 is 2.55 bits per heavy atom. The molecule has 2 aromatic heterocycles. The van der Waals surface area contributed by atoms with E-state index in [1.165, 1.54) is 4.68 Å². The molecule has 2 aromatic carbocycles. The minimum absolute atomic E-state index is 0. The van der Waals surface area contributed by atoms with E-state index >= 15 is 0 Å². The van der Waals surface area contributed by atoms with Gasteiger partial charge in [0.15, 0.2) is 5.91 Å². The zero-order chi connectivity index (χ0) is 19.6. The minimum Gasteiger partial charge on any atom is -0.325 e. The zero-order valence-electron chi connectivity index (χ0n) is 16.1. The second-order valence-electron chi connectivity index (χ2n) is 7.05. The van der Waals surface area contributed by atoms with Gasteiger partial charge in [-0.2, -0.15) is 5.10 Å². The van der Waals surface area contributed by atoms with Gasteiger partial charge in [-0.05, 0) is 17.8 Å². The minimum atomic E-state index is -0.420. The number of hydrogen-bond acceptors (Lipinski definition) is 3. The summed E-state index contributed by atoms with van der Waals surface area (Å²) in [5.41, 5.74) is 3.65. The molecule has 0 N–H and O–H groups in total. The first-order valence-corrected chi connectivity index (χ1v) is 9.07. The molecule has 5 heteroatoms. The van der Waals surface area contributed by atoms with Crippen molar-refractivity contribution in [1.29, 1.82) is 0 Å². The molecule has 0 aliphatic carbocycles. The second-order valence-corrected chi connectivity index (χ2v) is 7.05. The van der Waals surface area contributed by atoms with Gasteiger partial charge in [0.1, 0.15) is 0 Å². The van der Waals surface area contributed by atoms with Crippen LogP contribution in [0.5, 0.6) is 0 Å². The van der Waals surface area contributed by atoms with Crippen molar-refractivity contribution in [2.45, 2.75) is 19.3 Å². The maximum atomic E-state index is 12.6. The zero-order valence-corrected chi connectivity index (χ0v) is 18.3. The third-order valence-corrected chi connectivity index (χ3v) is 4.79. The molecule has 0 aliphatic rings. The molecular formula is C24H19N3OPt. The largest absolute Gasteiger partial charge is 2.00 e. The fourth-order valence-corrected chi connectivity index (χ4v) is 3.06. The predicted octanol–water partition coefficient (Wildman–Crippen LogP) is 4.56. The molecule has 0 atom stereocenters. The summed E-state index contributed by atoms with van der Waals surface area (Å²) in [6, 6.07) is 27.2. The van der Waals surface area contributed by atoms with Crippen LogP contribution < -0.4 is 0 Å². The van der Waals surface area contributed by atoms with Gasteiger partial charge in [-0.3, -0.25) is 0 Å². The van der Waals surface area contributed by atoms with Gasteiger partial charge in [0.05, 0.1) is 5.69 Å². The van der Waals surface area contributed by atoms with Crippen LogP contribution >= 0.6 is 0 Å². The Balaban J connectivity index is 0.00000240. The van der Waals surface area contributed by atoms with Crippen molar-refractivity contribution in [3.63, 3.8) is 0 Å². The number of rotatable bonds is 4. The molecule has 4 rings (SSSR count). The van der Waals surface area contributed by atoms with Crippen LogP contribution in [-0.2, 0) is 26.5 Å². The van der Waals surface area contributed by atoms with E-state index in [1.54, 1.807) is 24.5 Å². The van der Waals surface area contributed by atoms with Gasteiger partial charge in [-0.1, -0.05) is 31.5 Å². The van der Waals surface area contributed by atoms with Gasteiger partial charge in [-0.25, -0.2) is 4.68 Å². The molecule has 4 nitrogen and oxygen atoms in total. The number of nitrogens with zero attached hydrogens (tertiary/aromatic N) is 3. The monoisotopic (exact) mass is 560 g/mol. The molecule has 0 unspecified atom stereocenters. The molecule has 146 valence electrons. The maximum absolute atomic E-state index is 12.6. The molecular weight excluding hydrogens is 541 g/mol. The fourth-order valence-electron chi connectivity index (χ4n) is 3.06. The number of carbonyl (C=O) groups is 1. The summed E-state index contributed by atoms with van der Waals surface area (Å²) in [5, 5.41) is 4.55. The first-order valence-electron chi connectivity index (χ1n) is 9.07. The molecule has 0 radical (unpaired) electrons. The van der Waals surface area contributed by atoms with Crippen molar-refractivity contribution >= 4 is 5.91 Å². The van der Waals surface area contributed by atoms with Gasteiger partial charge < -0.3 is 9.78 Å². The Morgan fingerprint density at radius 1 is 1.00 bits per heavy atom. The Hall–Kier alpha value is -2.84. The van der Waals surface area contributed by atoms with Crippen LogP contribution in [0.1, 0.15) is 35.5 Å². The van der Waals surface area contributed by atoms with E-state index in [0.717, 1.165) is 22.5 Å². The standard InChI is InChI=1S/C24H19N3O.Pt/c1-24(2,20-12-8-11-19(17-20)21-13-6-7-15-25-21)22-14-16-27(26-22)23(28)18-9-4-3-5-10-18;/h3-9,11-16H,1-2H3;/q-2;+2. The topological polar surface area (TPSA) is 47.8 Å². The normalized spacial score (nSPS) is 11.0. The van der Waals surface area contributed by atoms with E-state index in [0.29, 0.717) is 5.56 Å². The van der Waals surface area contributed by atoms with Crippen LogP contribution in [0.2, 0.25) is 0 Å². The summed E-state index contributed by atoms with van der Waals surface area (Å²) < 4.78 is 1.37. The quantitative estimate of drug-likeness (QED) is 0.344. The third-order valence-electron chi connectivity index (χ3n) is 4.79. The summed E-state index contributed by atoms with van der Waals surface area (Å²) in [4.78, 5) is 17.0. The van der Waals surface area contributed by atoms with Crippen LogP contribution in [-0.4, -0.2) is 20.7 Å². The van der Waals surface area contributed by atoms with Gasteiger partial charge in [-0.15, -0.1) is 65.7 Å². The van der Waals surface area contributed by atoms with E-state index in [4.69, 9.17) is 0 Å². The van der Waals surface area contributed by atoms with E-state index in [9.17, 15) is 4.79 Å². The SMILES string of the molecule is CC(C)(c1[c-]c(-c2ccccn2)ccc1)c1ccn(C(=O)c2[c-]cccc2)n1.[Pt+2]. The van der Waals surface area contributed by atoms with Crippen LogP contribution in [0.4, 0.5) is 0 Å². The summed E-state index contributed by atoms with van der Waals surface area (Å²) in [6.45, 7) is 4.15. The molecule has 4 aromatic rings. The second kappa shape index (κ2) is 8.67. The number of aromatic nitrogens is 3. The third kappa shape index (κ3) is 4.28. The molecule has 0 aliphatic heterocycles. The predicted molar refractivity (Wildman–Crippen MR) is 108 cm³/mol. The number of benzene rings is 2. The number of carbonyl (C=O) groups excluding carboxylic acids is 1. The summed E-state index contributed by atoms with van der Waals surface area (Å²) >= 11 is 0. The van der Waals surface area contributed by atoms with Crippen molar-refractivity contribution in [2.75, 3.05) is 0 Å². The number of pyridine rings is 1. The molecule has 0 saturated heterocycles. The van der Waals surface area contributed by atoms with Crippen molar-refractivity contribution < 1.29 is 25.9 Å². The molecule has 29 heavy (non-hydrogen) atoms. The molecule has 2 heterocycles. The van der Waals surface area contributed by atoms with E-state index in [1.807, 2.05) is 54.6 Å². The van der Waals surface area contributed by atoms with Gasteiger partial charge in [0.2, 0.25) is 0 Å². The Morgan fingerprint density at radius 2 is 1.83 bits per heavy atom. The van der Waals surface area contributed by atoms with E-state index in [2.05, 4.69) is 36.1 Å². The Labute approximate surface area is 184 Å². The molecule has 0 bridgehead atoms. The molecule has 0 amide bonds. The van der Waals surface area contributed by atoms with E-state index in [-0.39, 0.29) is 27.0 Å². The smallest absolute Gasteiger partial charge is 0.325 e. The maximum Gasteiger partial charge on any atom is 2.00 e. The van der Waals surface area contributed by atoms with Crippen molar-refractivity contribution in [1.82, 2.24) is 14.8 Å². The van der Waals surface area contributed by atoms with Gasteiger partial charge in [0.25, 0.3) is 0 Å². The van der Waals surface area contributed by atoms with Crippen molar-refractivity contribution in [3.05, 3.63) is 108 Å². The number of hydrogen-bond donors (Lipinski definition) is 0. The Kier molecular flexibility index (Phi) is 6.24. The fraction of sp³-hybridized carbons (Fsp3) is 0.125. The average molecular weight is 561 g/mol. The summed E-state index contributed by atoms with van der Waals surface area (Å²) in [7, 11) is 0. The first kappa shape index (κ1) is 20.9. The average Bonchev–Trinajstić information content (AvgIpc) is 3.26. The first-order chi connectivity index (χ1) is 13.6. The van der Waals surface area contributed by atoms with Crippen molar-refractivity contribution in [2.24, 2.45) is 0 Å². The van der Waals surface area contributed by atoms with Crippen LogP contribution in [0.25, 0.3) is 11.3 Å². The van der Waals surface area contributed by atoms with Crippen molar-refractivity contribution in [3.8, 4) is 11.3 Å². The summed E-state index contributed by atoms with van der Waals surface area (Å²) in [5.74, 6) is -0.200. The van der Waals surface area contributed by atoms with Crippen LogP contribution in [0, 0.1) is 12.1 Å². The Bertz CT molecular complexity index is 1110. The van der Waals surface area contributed by atoms with Crippen LogP contribution in [0.15, 0.2) is 79.1 Å². The van der Waals surface area contributed by atoms with E-state index < -0.39 is 5.41 Å².